The zero-order valence-electron chi connectivity index (χ0n) is 12.7. The lowest BCUT2D eigenvalue weighted by Crippen LogP contribution is -2.30. The predicted molar refractivity (Wildman–Crippen MR) is 88.5 cm³/mol. The average molecular weight is 301 g/mol. The van der Waals surface area contributed by atoms with Crippen molar-refractivity contribution >= 4 is 11.3 Å². The summed E-state index contributed by atoms with van der Waals surface area (Å²) in [7, 11) is 2.14. The highest BCUT2D eigenvalue weighted by molar-refractivity contribution is 7.09. The third-order valence-corrected chi connectivity index (χ3v) is 5.28. The van der Waals surface area contributed by atoms with Crippen molar-refractivity contribution in [1.82, 2.24) is 9.88 Å². The van der Waals surface area contributed by atoms with Gasteiger partial charge < -0.3 is 5.73 Å². The number of aromatic nitrogens is 1. The number of nitrogens with zero attached hydrogens (tertiary/aromatic N) is 2. The van der Waals surface area contributed by atoms with Crippen molar-refractivity contribution in [3.63, 3.8) is 0 Å². The highest BCUT2D eigenvalue weighted by Gasteiger charge is 2.24. The molecule has 1 aromatic carbocycles. The van der Waals surface area contributed by atoms with E-state index in [0.29, 0.717) is 6.54 Å². The molecule has 3 rings (SSSR count). The third-order valence-electron chi connectivity index (χ3n) is 4.36. The summed E-state index contributed by atoms with van der Waals surface area (Å²) in [5.74, 6) is 0.813. The van der Waals surface area contributed by atoms with Crippen molar-refractivity contribution < 1.29 is 0 Å². The molecule has 1 aliphatic rings. The van der Waals surface area contributed by atoms with E-state index in [9.17, 15) is 0 Å². The Labute approximate surface area is 130 Å². The zero-order chi connectivity index (χ0) is 14.8. The van der Waals surface area contributed by atoms with Crippen molar-refractivity contribution in [3.8, 4) is 0 Å². The molecule has 1 heterocycles. The Morgan fingerprint density at radius 3 is 2.57 bits per heavy atom. The molecule has 4 heteroatoms. The lowest BCUT2D eigenvalue weighted by atomic mass is 10.0. The van der Waals surface area contributed by atoms with Crippen molar-refractivity contribution in [2.45, 2.75) is 38.3 Å². The van der Waals surface area contributed by atoms with Gasteiger partial charge in [0.25, 0.3) is 0 Å². The van der Waals surface area contributed by atoms with E-state index in [4.69, 9.17) is 5.73 Å². The molecule has 0 amide bonds. The molecule has 1 unspecified atom stereocenters. The quantitative estimate of drug-likeness (QED) is 0.888. The van der Waals surface area contributed by atoms with Gasteiger partial charge in [-0.2, -0.15) is 0 Å². The minimum Gasteiger partial charge on any atom is -0.329 e. The van der Waals surface area contributed by atoms with Crippen LogP contribution in [-0.2, 0) is 6.54 Å². The maximum Gasteiger partial charge on any atom is 0.0798 e. The summed E-state index contributed by atoms with van der Waals surface area (Å²) >= 11 is 1.72. The van der Waals surface area contributed by atoms with Gasteiger partial charge in [0.15, 0.2) is 0 Å². The molecule has 1 fully saturated rings. The molecule has 1 atom stereocenters. The Bertz CT molecular complexity index is 586. The number of aryl methyl sites for hydroxylation is 1. The summed E-state index contributed by atoms with van der Waals surface area (Å²) in [6.07, 6.45) is 2.70. The van der Waals surface area contributed by atoms with E-state index in [1.54, 1.807) is 11.3 Å². The number of likely N-dealkylation sites (N-methyl/N-ethyl adjacent to an activating group) is 1. The first-order valence-electron chi connectivity index (χ1n) is 7.58. The first-order valence-corrected chi connectivity index (χ1v) is 8.46. The first-order chi connectivity index (χ1) is 10.2. The van der Waals surface area contributed by atoms with Gasteiger partial charge in [-0.25, -0.2) is 4.98 Å². The molecule has 2 N–H and O–H groups in total. The molecule has 21 heavy (non-hydrogen) atoms. The minimum absolute atomic E-state index is 0.264. The standard InChI is InChI=1S/C17H23N3S/c1-12-17(21-11-19-12)10-20(2)16(9-18)15-7-5-14(6-8-15)13-3-4-13/h5-8,11,13,16H,3-4,9-10,18H2,1-2H3. The molecule has 3 nitrogen and oxygen atoms in total. The lowest BCUT2D eigenvalue weighted by Gasteiger charge is -2.27. The molecular weight excluding hydrogens is 278 g/mol. The van der Waals surface area contributed by atoms with Gasteiger partial charge in [0.2, 0.25) is 0 Å². The molecule has 0 radical (unpaired) electrons. The number of rotatable bonds is 6. The van der Waals surface area contributed by atoms with Crippen LogP contribution in [0.3, 0.4) is 0 Å². The number of nitrogens with two attached hydrogens (primary N) is 1. The fraction of sp³-hybridized carbons (Fsp3) is 0.471. The van der Waals surface area contributed by atoms with Crippen molar-refractivity contribution in [2.75, 3.05) is 13.6 Å². The zero-order valence-corrected chi connectivity index (χ0v) is 13.6. The van der Waals surface area contributed by atoms with E-state index in [0.717, 1.165) is 18.2 Å². The summed E-state index contributed by atoms with van der Waals surface area (Å²) in [6, 6.07) is 9.32. The first kappa shape index (κ1) is 14.7. The number of thiazole rings is 1. The van der Waals surface area contributed by atoms with Crippen LogP contribution >= 0.6 is 11.3 Å². The van der Waals surface area contributed by atoms with Crippen LogP contribution in [0, 0.1) is 6.92 Å². The fourth-order valence-electron chi connectivity index (χ4n) is 2.79. The Hall–Kier alpha value is -1.23. The Balaban J connectivity index is 1.72. The summed E-state index contributed by atoms with van der Waals surface area (Å²) < 4.78 is 0. The number of hydrogen-bond acceptors (Lipinski definition) is 4. The second-order valence-electron chi connectivity index (χ2n) is 5.97. The smallest absolute Gasteiger partial charge is 0.0798 e. The van der Waals surface area contributed by atoms with Crippen LogP contribution in [0.1, 0.15) is 46.5 Å². The van der Waals surface area contributed by atoms with Gasteiger partial charge in [-0.15, -0.1) is 11.3 Å². The lowest BCUT2D eigenvalue weighted by molar-refractivity contribution is 0.243. The van der Waals surface area contributed by atoms with E-state index in [1.165, 1.54) is 28.8 Å². The summed E-state index contributed by atoms with van der Waals surface area (Å²) in [4.78, 5) is 7.98. The van der Waals surface area contributed by atoms with Crippen LogP contribution in [0.15, 0.2) is 29.8 Å². The molecule has 0 aliphatic heterocycles. The SMILES string of the molecule is Cc1ncsc1CN(C)C(CN)c1ccc(C2CC2)cc1. The molecule has 112 valence electrons. The molecule has 1 saturated carbocycles. The van der Waals surface area contributed by atoms with Crippen molar-refractivity contribution in [3.05, 3.63) is 51.5 Å². The average Bonchev–Trinajstić information content (AvgIpc) is 3.26. The van der Waals surface area contributed by atoms with Gasteiger partial charge in [-0.1, -0.05) is 24.3 Å². The van der Waals surface area contributed by atoms with E-state index in [2.05, 4.69) is 48.1 Å². The van der Waals surface area contributed by atoms with Gasteiger partial charge in [0.05, 0.1) is 11.2 Å². The van der Waals surface area contributed by atoms with E-state index >= 15 is 0 Å². The van der Waals surface area contributed by atoms with E-state index < -0.39 is 0 Å². The molecule has 2 aromatic rings. The molecular formula is C17H23N3S. The van der Waals surface area contributed by atoms with E-state index in [1.807, 2.05) is 5.51 Å². The predicted octanol–water partition coefficient (Wildman–Crippen LogP) is 3.46. The highest BCUT2D eigenvalue weighted by Crippen LogP contribution is 2.40. The summed E-state index contributed by atoms with van der Waals surface area (Å²) in [5.41, 5.74) is 11.9. The van der Waals surface area contributed by atoms with Gasteiger partial charge in [-0.3, -0.25) is 4.90 Å². The largest absolute Gasteiger partial charge is 0.329 e. The van der Waals surface area contributed by atoms with Gasteiger partial charge in [0, 0.05) is 24.0 Å². The second-order valence-corrected chi connectivity index (χ2v) is 6.91. The summed E-state index contributed by atoms with van der Waals surface area (Å²) in [5, 5.41) is 0. The van der Waals surface area contributed by atoms with Gasteiger partial charge in [-0.05, 0) is 43.9 Å². The maximum atomic E-state index is 6.03. The molecule has 0 bridgehead atoms. The Morgan fingerprint density at radius 2 is 2.05 bits per heavy atom. The number of hydrogen-bond donors (Lipinski definition) is 1. The molecule has 0 spiro atoms. The highest BCUT2D eigenvalue weighted by atomic mass is 32.1. The minimum atomic E-state index is 0.264. The Kier molecular flexibility index (Phi) is 4.38. The van der Waals surface area contributed by atoms with Crippen molar-refractivity contribution in [2.24, 2.45) is 5.73 Å². The Morgan fingerprint density at radius 1 is 1.33 bits per heavy atom. The van der Waals surface area contributed by atoms with Crippen LogP contribution in [-0.4, -0.2) is 23.5 Å². The monoisotopic (exact) mass is 301 g/mol. The maximum absolute atomic E-state index is 6.03. The van der Waals surface area contributed by atoms with Crippen LogP contribution in [0.25, 0.3) is 0 Å². The van der Waals surface area contributed by atoms with Crippen LogP contribution in [0.5, 0.6) is 0 Å². The van der Waals surface area contributed by atoms with E-state index in [-0.39, 0.29) is 6.04 Å². The van der Waals surface area contributed by atoms with Crippen LogP contribution in [0.2, 0.25) is 0 Å². The molecule has 1 aliphatic carbocycles. The molecule has 1 aromatic heterocycles. The second kappa shape index (κ2) is 6.26. The third kappa shape index (κ3) is 3.34. The van der Waals surface area contributed by atoms with Gasteiger partial charge >= 0.3 is 0 Å². The van der Waals surface area contributed by atoms with Gasteiger partial charge in [0.1, 0.15) is 0 Å². The normalized spacial score (nSPS) is 16.4. The summed E-state index contributed by atoms with van der Waals surface area (Å²) in [6.45, 7) is 3.61. The topological polar surface area (TPSA) is 42.2 Å². The van der Waals surface area contributed by atoms with Crippen LogP contribution in [0.4, 0.5) is 0 Å². The van der Waals surface area contributed by atoms with Crippen molar-refractivity contribution in [1.29, 1.82) is 0 Å². The fourth-order valence-corrected chi connectivity index (χ4v) is 3.63. The van der Waals surface area contributed by atoms with Crippen LogP contribution < -0.4 is 5.73 Å². The number of benzene rings is 1. The molecule has 0 saturated heterocycles.